The van der Waals surface area contributed by atoms with Gasteiger partial charge >= 0.3 is 0 Å². The number of aryl methyl sites for hydroxylation is 1. The minimum Gasteiger partial charge on any atom is -0.486 e. The van der Waals surface area contributed by atoms with E-state index in [0.29, 0.717) is 24.4 Å². The van der Waals surface area contributed by atoms with Crippen molar-refractivity contribution in [2.45, 2.75) is 32.7 Å². The molecule has 8 heteroatoms. The van der Waals surface area contributed by atoms with Crippen LogP contribution in [0.3, 0.4) is 0 Å². The summed E-state index contributed by atoms with van der Waals surface area (Å²) in [6, 6.07) is 9.14. The second-order valence-corrected chi connectivity index (χ2v) is 8.36. The molecule has 6 nitrogen and oxygen atoms in total. The number of hydrogen-bond donors (Lipinski definition) is 2. The van der Waals surface area contributed by atoms with Crippen LogP contribution in [0.15, 0.2) is 36.5 Å². The molecule has 0 bridgehead atoms. The Bertz CT molecular complexity index is 1170. The first-order valence-electron chi connectivity index (χ1n) is 10.9. The molecule has 3 aromatic rings. The molecule has 3 heterocycles. The quantitative estimate of drug-likeness (QED) is 0.590. The fourth-order valence-corrected chi connectivity index (χ4v) is 4.29. The van der Waals surface area contributed by atoms with Crippen molar-refractivity contribution in [1.29, 1.82) is 0 Å². The summed E-state index contributed by atoms with van der Waals surface area (Å²) < 4.78 is 35.1. The Morgan fingerprint density at radius 3 is 2.88 bits per heavy atom. The lowest BCUT2D eigenvalue weighted by Gasteiger charge is -2.34. The van der Waals surface area contributed by atoms with Crippen molar-refractivity contribution in [3.05, 3.63) is 53.7 Å². The van der Waals surface area contributed by atoms with Gasteiger partial charge < -0.3 is 20.3 Å². The molecule has 0 aliphatic carbocycles. The second kappa shape index (κ2) is 8.26. The number of halogens is 2. The van der Waals surface area contributed by atoms with Gasteiger partial charge in [0.25, 0.3) is 0 Å². The molecule has 2 aromatic carbocycles. The van der Waals surface area contributed by atoms with Crippen molar-refractivity contribution in [2.24, 2.45) is 0 Å². The maximum Gasteiger partial charge on any atom is 0.227 e. The van der Waals surface area contributed by atoms with Crippen LogP contribution in [0, 0.1) is 11.6 Å². The lowest BCUT2D eigenvalue weighted by atomic mass is 10.0. The summed E-state index contributed by atoms with van der Waals surface area (Å²) in [6.07, 6.45) is 3.18. The number of ether oxygens (including phenoxy) is 1. The van der Waals surface area contributed by atoms with E-state index in [4.69, 9.17) is 4.74 Å². The molecule has 166 valence electrons. The summed E-state index contributed by atoms with van der Waals surface area (Å²) in [6.45, 7) is 6.08. The van der Waals surface area contributed by atoms with Gasteiger partial charge in [0, 0.05) is 29.5 Å². The molecule has 32 heavy (non-hydrogen) atoms. The predicted octanol–water partition coefficient (Wildman–Crippen LogP) is 5.13. The first-order chi connectivity index (χ1) is 15.5. The summed E-state index contributed by atoms with van der Waals surface area (Å²) in [4.78, 5) is 10.5. The smallest absolute Gasteiger partial charge is 0.227 e. The number of aromatic nitrogens is 2. The first kappa shape index (κ1) is 20.5. The van der Waals surface area contributed by atoms with Crippen LogP contribution >= 0.6 is 0 Å². The number of fused-ring (bicyclic) bond motifs is 2. The normalized spacial score (nSPS) is 15.0. The van der Waals surface area contributed by atoms with Crippen molar-refractivity contribution in [1.82, 2.24) is 9.97 Å². The van der Waals surface area contributed by atoms with Gasteiger partial charge in [0.05, 0.1) is 18.4 Å². The van der Waals surface area contributed by atoms with Crippen LogP contribution in [0.5, 0.6) is 5.75 Å². The number of rotatable bonds is 4. The summed E-state index contributed by atoms with van der Waals surface area (Å²) >= 11 is 0. The van der Waals surface area contributed by atoms with Gasteiger partial charge in [-0.05, 0) is 62.6 Å². The van der Waals surface area contributed by atoms with Gasteiger partial charge in [0.1, 0.15) is 12.3 Å². The SMILES string of the molecule is CC(C)N1CCOc2c(F)cc(-c3nc(Nc4ccc5c(c4)CCCN5)ncc3F)cc21. The molecule has 0 saturated heterocycles. The largest absolute Gasteiger partial charge is 0.486 e. The molecule has 0 amide bonds. The van der Waals surface area contributed by atoms with Crippen LogP contribution in [0.1, 0.15) is 25.8 Å². The van der Waals surface area contributed by atoms with Crippen LogP contribution in [-0.4, -0.2) is 35.7 Å². The molecule has 2 aliphatic heterocycles. The molecule has 0 radical (unpaired) electrons. The maximum absolute atomic E-state index is 14.9. The van der Waals surface area contributed by atoms with Crippen molar-refractivity contribution in [3.63, 3.8) is 0 Å². The molecule has 0 fully saturated rings. The summed E-state index contributed by atoms with van der Waals surface area (Å²) in [5.41, 5.74) is 4.16. The predicted molar refractivity (Wildman–Crippen MR) is 122 cm³/mol. The summed E-state index contributed by atoms with van der Waals surface area (Å²) in [5, 5.41) is 6.52. The third-order valence-electron chi connectivity index (χ3n) is 5.85. The van der Waals surface area contributed by atoms with Crippen LogP contribution in [0.2, 0.25) is 0 Å². The van der Waals surface area contributed by atoms with Crippen LogP contribution in [0.25, 0.3) is 11.3 Å². The lowest BCUT2D eigenvalue weighted by molar-refractivity contribution is 0.287. The standard InChI is InChI=1S/C24H25F2N5O/c1-14(2)31-8-9-32-23-18(25)11-16(12-21(23)31)22-19(26)13-28-24(30-22)29-17-5-6-20-15(10-17)4-3-7-27-20/h5-6,10-14,27H,3-4,7-9H2,1-2H3,(H,28,29,30). The highest BCUT2D eigenvalue weighted by molar-refractivity contribution is 5.73. The highest BCUT2D eigenvalue weighted by Gasteiger charge is 2.25. The highest BCUT2D eigenvalue weighted by atomic mass is 19.1. The van der Waals surface area contributed by atoms with Crippen molar-refractivity contribution in [2.75, 3.05) is 35.2 Å². The van der Waals surface area contributed by atoms with E-state index in [2.05, 4.69) is 20.6 Å². The van der Waals surface area contributed by atoms with E-state index in [1.54, 1.807) is 6.07 Å². The van der Waals surface area contributed by atoms with Gasteiger partial charge in [-0.3, -0.25) is 0 Å². The Morgan fingerprint density at radius 2 is 2.03 bits per heavy atom. The minimum atomic E-state index is -0.614. The molecule has 2 aliphatic rings. The van der Waals surface area contributed by atoms with Gasteiger partial charge in [-0.25, -0.2) is 18.7 Å². The van der Waals surface area contributed by atoms with E-state index in [-0.39, 0.29) is 23.4 Å². The molecular weight excluding hydrogens is 412 g/mol. The number of benzene rings is 2. The minimum absolute atomic E-state index is 0.0399. The van der Waals surface area contributed by atoms with Crippen LogP contribution in [0.4, 0.5) is 31.8 Å². The Labute approximate surface area is 185 Å². The van der Waals surface area contributed by atoms with Crippen molar-refractivity contribution < 1.29 is 13.5 Å². The van der Waals surface area contributed by atoms with Gasteiger partial charge in [-0.15, -0.1) is 0 Å². The van der Waals surface area contributed by atoms with Gasteiger partial charge in [0.2, 0.25) is 5.95 Å². The molecule has 5 rings (SSSR count). The van der Waals surface area contributed by atoms with Crippen LogP contribution < -0.4 is 20.3 Å². The van der Waals surface area contributed by atoms with Gasteiger partial charge in [-0.1, -0.05) is 0 Å². The van der Waals surface area contributed by atoms with Crippen molar-refractivity contribution in [3.8, 4) is 17.0 Å². The molecule has 1 aromatic heterocycles. The average Bonchev–Trinajstić information content (AvgIpc) is 2.79. The maximum atomic E-state index is 14.9. The molecule has 2 N–H and O–H groups in total. The summed E-state index contributed by atoms with van der Waals surface area (Å²) in [7, 11) is 0. The van der Waals surface area contributed by atoms with E-state index < -0.39 is 11.6 Å². The fraction of sp³-hybridized carbons (Fsp3) is 0.333. The molecular formula is C24H25F2N5O. The zero-order valence-electron chi connectivity index (χ0n) is 18.1. The van der Waals surface area contributed by atoms with E-state index in [1.165, 1.54) is 11.6 Å². The number of hydrogen-bond acceptors (Lipinski definition) is 6. The third-order valence-corrected chi connectivity index (χ3v) is 5.85. The Balaban J connectivity index is 1.49. The van der Waals surface area contributed by atoms with Gasteiger partial charge in [0.15, 0.2) is 17.4 Å². The highest BCUT2D eigenvalue weighted by Crippen LogP contribution is 2.39. The van der Waals surface area contributed by atoms with E-state index in [1.807, 2.05) is 36.9 Å². The Morgan fingerprint density at radius 1 is 1.16 bits per heavy atom. The topological polar surface area (TPSA) is 62.3 Å². The fourth-order valence-electron chi connectivity index (χ4n) is 4.29. The monoisotopic (exact) mass is 437 g/mol. The zero-order chi connectivity index (χ0) is 22.2. The average molecular weight is 437 g/mol. The van der Waals surface area contributed by atoms with E-state index in [0.717, 1.165) is 37.0 Å². The number of nitrogens with one attached hydrogen (secondary N) is 2. The first-order valence-corrected chi connectivity index (χ1v) is 10.9. The van der Waals surface area contributed by atoms with Crippen molar-refractivity contribution >= 4 is 23.0 Å². The zero-order valence-corrected chi connectivity index (χ0v) is 18.1. The second-order valence-electron chi connectivity index (χ2n) is 8.36. The lowest BCUT2D eigenvalue weighted by Crippen LogP contribution is -2.38. The molecule has 0 atom stereocenters. The molecule has 0 saturated carbocycles. The van der Waals surface area contributed by atoms with Crippen LogP contribution in [-0.2, 0) is 6.42 Å². The Kier molecular flexibility index (Phi) is 5.28. The summed E-state index contributed by atoms with van der Waals surface area (Å²) in [5.74, 6) is -0.695. The van der Waals surface area contributed by atoms with E-state index >= 15 is 0 Å². The number of nitrogens with zero attached hydrogens (tertiary/aromatic N) is 3. The molecule has 0 unspecified atom stereocenters. The van der Waals surface area contributed by atoms with Gasteiger partial charge in [-0.2, -0.15) is 0 Å². The van der Waals surface area contributed by atoms with E-state index in [9.17, 15) is 8.78 Å². The Hall–Kier alpha value is -3.42. The molecule has 0 spiro atoms. The number of anilines is 4. The third kappa shape index (κ3) is 3.81.